The number of nitrogens with zero attached hydrogens (tertiary/aromatic N) is 6. The van der Waals surface area contributed by atoms with E-state index in [2.05, 4.69) is 26.6 Å². The Labute approximate surface area is 527 Å². The predicted octanol–water partition coefficient (Wildman–Crippen LogP) is 3.54. The number of hydrogen-bond donors (Lipinski definition) is 7. The van der Waals surface area contributed by atoms with E-state index in [-0.39, 0.29) is 80.1 Å². The normalized spacial score (nSPS) is 15.4. The summed E-state index contributed by atoms with van der Waals surface area (Å²) >= 11 is 0. The average molecular weight is 1250 g/mol. The van der Waals surface area contributed by atoms with Gasteiger partial charge in [-0.1, -0.05) is 116 Å². The number of carbonyl (C=O) groups excluding carboxylic acids is 11. The third-order valence-electron chi connectivity index (χ3n) is 16.1. The van der Waals surface area contributed by atoms with E-state index < -0.39 is 132 Å². The molecule has 2 unspecified atom stereocenters. The molecule has 0 aromatic rings. The average Bonchev–Trinajstić information content (AvgIpc) is 2.50. The summed E-state index contributed by atoms with van der Waals surface area (Å²) in [5.74, 6) is -7.48. The number of unbranched alkanes of at least 4 members (excludes halogenated alkanes) is 3. The number of likely N-dealkylation sites (N-methyl/N-ethyl adjacent to an activating group) is 7. The summed E-state index contributed by atoms with van der Waals surface area (Å²) < 4.78 is 0. The number of rotatable bonds is 40. The molecular formula is C64H119N11O13. The minimum atomic E-state index is -1.33. The largest absolute Gasteiger partial charge is 0.396 e. The highest BCUT2D eigenvalue weighted by molar-refractivity contribution is 5.98. The van der Waals surface area contributed by atoms with Crippen LogP contribution in [-0.4, -0.2) is 228 Å². The Balaban J connectivity index is 6.52. The Hall–Kier alpha value is -5.91. The van der Waals surface area contributed by atoms with E-state index in [1.807, 2.05) is 69.2 Å². The van der Waals surface area contributed by atoms with Crippen molar-refractivity contribution in [2.75, 3.05) is 62.5 Å². The molecule has 0 saturated heterocycles. The van der Waals surface area contributed by atoms with Gasteiger partial charge in [-0.25, -0.2) is 0 Å². The van der Waals surface area contributed by atoms with Gasteiger partial charge in [0.25, 0.3) is 0 Å². The van der Waals surface area contributed by atoms with E-state index in [1.54, 1.807) is 27.7 Å². The Bertz CT molecular complexity index is 2260. The molecule has 0 rings (SSSR count). The van der Waals surface area contributed by atoms with Crippen LogP contribution in [0.25, 0.3) is 0 Å². The van der Waals surface area contributed by atoms with Crippen LogP contribution in [0.5, 0.6) is 0 Å². The predicted molar refractivity (Wildman–Crippen MR) is 341 cm³/mol. The van der Waals surface area contributed by atoms with Gasteiger partial charge in [0, 0.05) is 62.4 Å². The first-order valence-corrected chi connectivity index (χ1v) is 32.0. The molecule has 7 N–H and O–H groups in total. The van der Waals surface area contributed by atoms with Gasteiger partial charge in [-0.15, -0.1) is 0 Å². The van der Waals surface area contributed by atoms with Crippen LogP contribution in [0.1, 0.15) is 181 Å². The summed E-state index contributed by atoms with van der Waals surface area (Å²) in [4.78, 5) is 161. The third kappa shape index (κ3) is 26.7. The molecule has 0 fully saturated rings. The van der Waals surface area contributed by atoms with E-state index in [1.165, 1.54) is 87.7 Å². The Morgan fingerprint density at radius 3 is 1.34 bits per heavy atom. The van der Waals surface area contributed by atoms with E-state index in [4.69, 9.17) is 0 Å². The van der Waals surface area contributed by atoms with Crippen molar-refractivity contribution in [2.24, 2.45) is 41.4 Å². The summed E-state index contributed by atoms with van der Waals surface area (Å²) in [5.41, 5.74) is 0. The minimum absolute atomic E-state index is 0.0233. The molecule has 0 aromatic heterocycles. The first-order valence-electron chi connectivity index (χ1n) is 32.0. The van der Waals surface area contributed by atoms with Crippen LogP contribution in [0, 0.1) is 41.4 Å². The summed E-state index contributed by atoms with van der Waals surface area (Å²) in [7, 11) is 10.2. The van der Waals surface area contributed by atoms with E-state index in [9.17, 15) is 63.0 Å². The van der Waals surface area contributed by atoms with Crippen LogP contribution in [0.2, 0.25) is 0 Å². The maximum atomic E-state index is 14.6. The van der Waals surface area contributed by atoms with Gasteiger partial charge in [-0.2, -0.15) is 0 Å². The second-order valence-electron chi connectivity index (χ2n) is 26.8. The standard InChI is InChI=1S/C64H119N11O13/c1-24-46(68-60(84)54(75(23)51(77)35-41(10)11)55(79)43(14)29-27-25-26-28-30-76)62(86)70(18)36-52(78)71(19)48(32-38(4)5)59(83)69-53(42(12)13)64(88)73(21)49(33-39(6)7)58(82)66-44(15)56(80)67-45(16)61(85)74(22)50(34-40(8)9)63(87)72(20)47(31-37(2)3)57(81)65-17/h37-50,53-55,76,79H,24-36H2,1-23H3,(H,65,81)(H,66,82)(H,67,80)(H,68,84)(H,69,83)/t43-,44-,45?,46+,47+,48+,49+,50+,53+,54?,55-/m1/s1. The lowest BCUT2D eigenvalue weighted by molar-refractivity contribution is -0.149. The summed E-state index contributed by atoms with van der Waals surface area (Å²) in [6, 6.07) is -10.0. The smallest absolute Gasteiger partial charge is 0.246 e. The van der Waals surface area contributed by atoms with E-state index in [0.717, 1.165) is 24.2 Å². The fourth-order valence-corrected chi connectivity index (χ4v) is 10.5. The number of hydrogen-bond acceptors (Lipinski definition) is 13. The van der Waals surface area contributed by atoms with Gasteiger partial charge in [0.1, 0.15) is 54.4 Å². The number of nitrogens with one attached hydrogen (secondary N) is 5. The Kier molecular flexibility index (Phi) is 37.3. The van der Waals surface area contributed by atoms with Crippen LogP contribution in [0.4, 0.5) is 0 Å². The highest BCUT2D eigenvalue weighted by atomic mass is 16.3. The second kappa shape index (κ2) is 40.0. The molecule has 24 nitrogen and oxygen atoms in total. The van der Waals surface area contributed by atoms with Crippen LogP contribution < -0.4 is 26.6 Å². The third-order valence-corrected chi connectivity index (χ3v) is 16.1. The van der Waals surface area contributed by atoms with Gasteiger partial charge in [-0.3, -0.25) is 52.7 Å². The first kappa shape index (κ1) is 82.1. The lowest BCUT2D eigenvalue weighted by Crippen LogP contribution is -2.61. The van der Waals surface area contributed by atoms with Gasteiger partial charge in [-0.05, 0) is 100 Å². The fourth-order valence-electron chi connectivity index (χ4n) is 10.5. The molecule has 508 valence electrons. The van der Waals surface area contributed by atoms with Crippen LogP contribution in [-0.2, 0) is 52.7 Å². The van der Waals surface area contributed by atoms with Crippen LogP contribution >= 0.6 is 0 Å². The number of amides is 11. The maximum Gasteiger partial charge on any atom is 0.246 e. The quantitative estimate of drug-likeness (QED) is 0.0433. The maximum absolute atomic E-state index is 14.6. The van der Waals surface area contributed by atoms with Crippen molar-refractivity contribution in [3.8, 4) is 0 Å². The van der Waals surface area contributed by atoms with E-state index >= 15 is 0 Å². The molecule has 0 heterocycles. The zero-order chi connectivity index (χ0) is 68.4. The van der Waals surface area contributed by atoms with Crippen LogP contribution in [0.3, 0.4) is 0 Å². The van der Waals surface area contributed by atoms with Gasteiger partial charge in [0.2, 0.25) is 65.0 Å². The molecule has 0 aliphatic heterocycles. The molecule has 24 heteroatoms. The fraction of sp³-hybridized carbons (Fsp3) is 0.828. The highest BCUT2D eigenvalue weighted by Crippen LogP contribution is 2.23. The molecule has 0 spiro atoms. The summed E-state index contributed by atoms with van der Waals surface area (Å²) in [6.45, 7) is 28.3. The number of carbonyl (C=O) groups is 11. The molecule has 0 radical (unpaired) electrons. The topological polar surface area (TPSA) is 308 Å². The van der Waals surface area contributed by atoms with Gasteiger partial charge >= 0.3 is 0 Å². The van der Waals surface area contributed by atoms with Crippen molar-refractivity contribution in [1.82, 2.24) is 56.0 Å². The van der Waals surface area contributed by atoms with Crippen molar-refractivity contribution in [3.05, 3.63) is 0 Å². The molecule has 0 aliphatic rings. The summed E-state index contributed by atoms with van der Waals surface area (Å²) in [5, 5.41) is 34.4. The first-order chi connectivity index (χ1) is 40.7. The van der Waals surface area contributed by atoms with Gasteiger partial charge in [0.05, 0.1) is 12.6 Å². The minimum Gasteiger partial charge on any atom is -0.396 e. The van der Waals surface area contributed by atoms with Gasteiger partial charge < -0.3 is 66.2 Å². The van der Waals surface area contributed by atoms with Crippen molar-refractivity contribution in [1.29, 1.82) is 0 Å². The van der Waals surface area contributed by atoms with Crippen molar-refractivity contribution in [2.45, 2.75) is 242 Å². The Morgan fingerprint density at radius 1 is 0.432 bits per heavy atom. The highest BCUT2D eigenvalue weighted by Gasteiger charge is 2.42. The second-order valence-corrected chi connectivity index (χ2v) is 26.8. The number of aliphatic hydroxyl groups excluding tert-OH is 2. The molecule has 0 aromatic carbocycles. The van der Waals surface area contributed by atoms with Crippen LogP contribution in [0.15, 0.2) is 0 Å². The monoisotopic (exact) mass is 1250 g/mol. The molecule has 11 amide bonds. The molecule has 88 heavy (non-hydrogen) atoms. The SMILES string of the molecule is CC[C@H](NC(=O)C([C@H](O)[C@H](C)CCCCCCO)N(C)C(=O)CC(C)C)C(=O)N(C)CC(=O)N(C)[C@@H](CC(C)C)C(=O)N[C@H](C(=O)N(C)[C@@H](CC(C)C)C(=O)N[C@H](C)C(=O)NC(C)C(=O)N(C)[C@@H](CC(C)C)C(=O)N(C)[C@@H](CC(C)C)C(=O)NC)C(C)C. The summed E-state index contributed by atoms with van der Waals surface area (Å²) in [6.07, 6.45) is 3.52. The molecule has 11 atom stereocenters. The van der Waals surface area contributed by atoms with E-state index in [0.29, 0.717) is 19.3 Å². The van der Waals surface area contributed by atoms with Gasteiger partial charge in [0.15, 0.2) is 0 Å². The van der Waals surface area contributed by atoms with Crippen molar-refractivity contribution in [3.63, 3.8) is 0 Å². The lowest BCUT2D eigenvalue weighted by Gasteiger charge is -2.36. The number of aliphatic hydroxyl groups is 2. The van der Waals surface area contributed by atoms with Crippen molar-refractivity contribution < 1.29 is 63.0 Å². The lowest BCUT2D eigenvalue weighted by atomic mass is 9.90. The Morgan fingerprint density at radius 2 is 0.875 bits per heavy atom. The molecule has 0 bridgehead atoms. The zero-order valence-electron chi connectivity index (χ0n) is 58.1. The molecular weight excluding hydrogens is 1130 g/mol. The molecule has 0 saturated carbocycles. The van der Waals surface area contributed by atoms with Crippen molar-refractivity contribution >= 4 is 65.0 Å². The zero-order valence-corrected chi connectivity index (χ0v) is 58.1. The molecule has 0 aliphatic carbocycles.